The summed E-state index contributed by atoms with van der Waals surface area (Å²) < 4.78 is 11.2. The first kappa shape index (κ1) is 15.5. The summed E-state index contributed by atoms with van der Waals surface area (Å²) >= 11 is 1.67. The number of rotatable bonds is 4. The second-order valence-electron chi connectivity index (χ2n) is 6.21. The third kappa shape index (κ3) is 2.88. The SMILES string of the molecule is CCN(Cc1ccc2c(c1)OCCO2)C(=O)c1cc2c(s1)CCC2. The molecule has 0 unspecified atom stereocenters. The Bertz CT molecular complexity index is 746. The van der Waals surface area contributed by atoms with Gasteiger partial charge < -0.3 is 14.4 Å². The molecule has 0 saturated carbocycles. The molecule has 24 heavy (non-hydrogen) atoms. The van der Waals surface area contributed by atoms with Crippen LogP contribution in [0.1, 0.15) is 39.0 Å². The van der Waals surface area contributed by atoms with Gasteiger partial charge in [0.2, 0.25) is 0 Å². The third-order valence-electron chi connectivity index (χ3n) is 4.61. The van der Waals surface area contributed by atoms with Crippen LogP contribution in [0.4, 0.5) is 0 Å². The van der Waals surface area contributed by atoms with Crippen molar-refractivity contribution in [2.45, 2.75) is 32.7 Å². The number of benzene rings is 1. The fraction of sp³-hybridized carbons (Fsp3) is 0.421. The molecule has 4 rings (SSSR count). The molecule has 2 aromatic rings. The average molecular weight is 343 g/mol. The number of hydrogen-bond acceptors (Lipinski definition) is 4. The Balaban J connectivity index is 1.51. The van der Waals surface area contributed by atoms with Gasteiger partial charge in [-0.05, 0) is 55.5 Å². The fourth-order valence-corrected chi connectivity index (χ4v) is 4.55. The van der Waals surface area contributed by atoms with E-state index in [2.05, 4.69) is 6.07 Å². The van der Waals surface area contributed by atoms with Crippen molar-refractivity contribution in [2.75, 3.05) is 19.8 Å². The van der Waals surface area contributed by atoms with Gasteiger partial charge in [0.1, 0.15) is 13.2 Å². The zero-order valence-corrected chi connectivity index (χ0v) is 14.7. The molecule has 1 aromatic carbocycles. The van der Waals surface area contributed by atoms with Crippen LogP contribution in [-0.2, 0) is 19.4 Å². The van der Waals surface area contributed by atoms with Crippen molar-refractivity contribution in [1.29, 1.82) is 0 Å². The number of nitrogens with zero attached hydrogens (tertiary/aromatic N) is 1. The minimum atomic E-state index is 0.131. The molecule has 0 saturated heterocycles. The van der Waals surface area contributed by atoms with Gasteiger partial charge in [0.25, 0.3) is 5.91 Å². The summed E-state index contributed by atoms with van der Waals surface area (Å²) in [5.74, 6) is 1.69. The van der Waals surface area contributed by atoms with Crippen LogP contribution in [-0.4, -0.2) is 30.6 Å². The lowest BCUT2D eigenvalue weighted by atomic mass is 10.1. The smallest absolute Gasteiger partial charge is 0.264 e. The number of aryl methyl sites for hydroxylation is 2. The first-order valence-electron chi connectivity index (χ1n) is 8.54. The molecule has 0 radical (unpaired) electrons. The summed E-state index contributed by atoms with van der Waals surface area (Å²) in [4.78, 5) is 17.0. The van der Waals surface area contributed by atoms with E-state index in [1.165, 1.54) is 16.9 Å². The van der Waals surface area contributed by atoms with Gasteiger partial charge in [-0.2, -0.15) is 0 Å². The van der Waals surface area contributed by atoms with Gasteiger partial charge >= 0.3 is 0 Å². The highest BCUT2D eigenvalue weighted by molar-refractivity contribution is 7.14. The van der Waals surface area contributed by atoms with E-state index in [4.69, 9.17) is 9.47 Å². The average Bonchev–Trinajstić information content (AvgIpc) is 3.21. The van der Waals surface area contributed by atoms with E-state index < -0.39 is 0 Å². The van der Waals surface area contributed by atoms with Crippen molar-refractivity contribution < 1.29 is 14.3 Å². The normalized spacial score (nSPS) is 15.2. The summed E-state index contributed by atoms with van der Waals surface area (Å²) in [7, 11) is 0. The molecule has 1 aliphatic heterocycles. The maximum absolute atomic E-state index is 12.9. The van der Waals surface area contributed by atoms with E-state index in [-0.39, 0.29) is 5.91 Å². The highest BCUT2D eigenvalue weighted by atomic mass is 32.1. The molecule has 126 valence electrons. The Morgan fingerprint density at radius 3 is 2.79 bits per heavy atom. The Morgan fingerprint density at radius 2 is 2.00 bits per heavy atom. The lowest BCUT2D eigenvalue weighted by molar-refractivity contribution is 0.0757. The Hall–Kier alpha value is -2.01. The Morgan fingerprint density at radius 1 is 1.17 bits per heavy atom. The van der Waals surface area contributed by atoms with Gasteiger partial charge in [-0.25, -0.2) is 0 Å². The lowest BCUT2D eigenvalue weighted by Crippen LogP contribution is -2.29. The number of fused-ring (bicyclic) bond motifs is 2. The van der Waals surface area contributed by atoms with Crippen LogP contribution in [0.5, 0.6) is 11.5 Å². The van der Waals surface area contributed by atoms with Crippen molar-refractivity contribution in [3.8, 4) is 11.5 Å². The standard InChI is InChI=1S/C19H21NO3S/c1-2-20(19(21)18-11-14-4-3-5-17(14)24-18)12-13-6-7-15-16(10-13)23-9-8-22-15/h6-7,10-11H,2-5,8-9,12H2,1H3. The topological polar surface area (TPSA) is 38.8 Å². The molecule has 0 N–H and O–H groups in total. The number of thiophene rings is 1. The predicted molar refractivity (Wildman–Crippen MR) is 94.2 cm³/mol. The van der Waals surface area contributed by atoms with Crippen LogP contribution in [0.25, 0.3) is 0 Å². The first-order valence-corrected chi connectivity index (χ1v) is 9.35. The maximum atomic E-state index is 12.9. The van der Waals surface area contributed by atoms with Gasteiger partial charge in [-0.1, -0.05) is 6.07 Å². The fourth-order valence-electron chi connectivity index (χ4n) is 3.32. The van der Waals surface area contributed by atoms with Crippen molar-refractivity contribution >= 4 is 17.2 Å². The van der Waals surface area contributed by atoms with Crippen LogP contribution in [0, 0.1) is 0 Å². The van der Waals surface area contributed by atoms with Crippen LogP contribution in [0.2, 0.25) is 0 Å². The molecule has 4 nitrogen and oxygen atoms in total. The van der Waals surface area contributed by atoms with Crippen molar-refractivity contribution in [3.05, 3.63) is 45.1 Å². The Kier molecular flexibility index (Phi) is 4.19. The minimum absolute atomic E-state index is 0.131. The molecule has 0 spiro atoms. The number of carbonyl (C=O) groups excluding carboxylic acids is 1. The molecule has 1 aliphatic carbocycles. The number of amides is 1. The second-order valence-corrected chi connectivity index (χ2v) is 7.35. The van der Waals surface area contributed by atoms with Crippen LogP contribution >= 0.6 is 11.3 Å². The molecular weight excluding hydrogens is 322 g/mol. The minimum Gasteiger partial charge on any atom is -0.486 e. The summed E-state index contributed by atoms with van der Waals surface area (Å²) in [6, 6.07) is 8.03. The first-order chi connectivity index (χ1) is 11.7. The number of carbonyl (C=O) groups is 1. The summed E-state index contributed by atoms with van der Waals surface area (Å²) in [6.07, 6.45) is 3.47. The zero-order valence-electron chi connectivity index (χ0n) is 13.8. The molecule has 1 aromatic heterocycles. The monoisotopic (exact) mass is 343 g/mol. The quantitative estimate of drug-likeness (QED) is 0.850. The molecule has 5 heteroatoms. The van der Waals surface area contributed by atoms with Crippen LogP contribution in [0.3, 0.4) is 0 Å². The highest BCUT2D eigenvalue weighted by Gasteiger charge is 2.22. The van der Waals surface area contributed by atoms with Crippen LogP contribution < -0.4 is 9.47 Å². The molecule has 0 bridgehead atoms. The molecule has 2 heterocycles. The van der Waals surface area contributed by atoms with Crippen LogP contribution in [0.15, 0.2) is 24.3 Å². The molecule has 0 atom stereocenters. The van der Waals surface area contributed by atoms with E-state index in [9.17, 15) is 4.79 Å². The second kappa shape index (κ2) is 6.48. The third-order valence-corrected chi connectivity index (χ3v) is 5.83. The van der Waals surface area contributed by atoms with Crippen molar-refractivity contribution in [3.63, 3.8) is 0 Å². The molecule has 1 amide bonds. The molecular formula is C19H21NO3S. The molecule has 2 aliphatic rings. The lowest BCUT2D eigenvalue weighted by Gasteiger charge is -2.22. The van der Waals surface area contributed by atoms with Gasteiger partial charge in [0.15, 0.2) is 11.5 Å². The van der Waals surface area contributed by atoms with Gasteiger partial charge in [0, 0.05) is 18.0 Å². The van der Waals surface area contributed by atoms with Crippen molar-refractivity contribution in [1.82, 2.24) is 4.90 Å². The van der Waals surface area contributed by atoms with Crippen molar-refractivity contribution in [2.24, 2.45) is 0 Å². The Labute approximate surface area is 146 Å². The van der Waals surface area contributed by atoms with Gasteiger partial charge in [0.05, 0.1) is 4.88 Å². The summed E-state index contributed by atoms with van der Waals surface area (Å²) in [5.41, 5.74) is 2.44. The van der Waals surface area contributed by atoms with E-state index in [0.29, 0.717) is 26.3 Å². The van der Waals surface area contributed by atoms with E-state index in [1.807, 2.05) is 30.0 Å². The predicted octanol–water partition coefficient (Wildman–Crippen LogP) is 3.67. The number of hydrogen-bond donors (Lipinski definition) is 0. The van der Waals surface area contributed by atoms with E-state index in [1.54, 1.807) is 11.3 Å². The van der Waals surface area contributed by atoms with Gasteiger partial charge in [-0.15, -0.1) is 11.3 Å². The summed E-state index contributed by atoms with van der Waals surface area (Å²) in [6.45, 7) is 4.48. The maximum Gasteiger partial charge on any atom is 0.264 e. The zero-order chi connectivity index (χ0) is 16.5. The number of ether oxygens (including phenoxy) is 2. The summed E-state index contributed by atoms with van der Waals surface area (Å²) in [5, 5.41) is 0. The highest BCUT2D eigenvalue weighted by Crippen LogP contribution is 2.33. The van der Waals surface area contributed by atoms with E-state index >= 15 is 0 Å². The van der Waals surface area contributed by atoms with Gasteiger partial charge in [-0.3, -0.25) is 4.79 Å². The molecule has 0 fully saturated rings. The largest absolute Gasteiger partial charge is 0.486 e. The van der Waals surface area contributed by atoms with E-state index in [0.717, 1.165) is 34.8 Å².